The lowest BCUT2D eigenvalue weighted by molar-refractivity contribution is -0.116. The molecule has 0 spiro atoms. The number of carbonyl (C=O) groups excluding carboxylic acids is 2. The van der Waals surface area contributed by atoms with E-state index in [1.54, 1.807) is 17.0 Å². The van der Waals surface area contributed by atoms with Crippen molar-refractivity contribution in [1.82, 2.24) is 14.8 Å². The van der Waals surface area contributed by atoms with Gasteiger partial charge in [-0.2, -0.15) is 5.26 Å². The Bertz CT molecular complexity index is 1270. The number of carbonyl (C=O) groups is 2. The number of anilines is 2. The van der Waals surface area contributed by atoms with Gasteiger partial charge < -0.3 is 9.88 Å². The molecule has 1 N–H and O–H groups in total. The lowest BCUT2D eigenvalue weighted by atomic mass is 10.2. The third-order valence-electron chi connectivity index (χ3n) is 5.63. The number of nitrogens with zero attached hydrogens (tertiary/aromatic N) is 5. The summed E-state index contributed by atoms with van der Waals surface area (Å²) in [6.45, 7) is 5.62. The fourth-order valence-electron chi connectivity index (χ4n) is 3.63. The van der Waals surface area contributed by atoms with Crippen LogP contribution in [0.4, 0.5) is 15.3 Å². The van der Waals surface area contributed by atoms with Crippen LogP contribution in [0.1, 0.15) is 42.1 Å². The van der Waals surface area contributed by atoms with E-state index >= 15 is 0 Å². The highest BCUT2D eigenvalue weighted by Gasteiger charge is 2.34. The molecule has 1 aliphatic rings. The zero-order valence-corrected chi connectivity index (χ0v) is 20.6. The summed E-state index contributed by atoms with van der Waals surface area (Å²) in [6, 6.07) is 8.49. The molecule has 2 amide bonds. The summed E-state index contributed by atoms with van der Waals surface area (Å²) in [6.07, 6.45) is 1.92. The average molecular weight is 499 g/mol. The highest BCUT2D eigenvalue weighted by molar-refractivity contribution is 8.01. The number of rotatable bonds is 8. The minimum atomic E-state index is -0.323. The van der Waals surface area contributed by atoms with Crippen LogP contribution in [0.3, 0.4) is 0 Å². The number of amides is 2. The molecule has 3 aromatic rings. The van der Waals surface area contributed by atoms with Crippen LogP contribution < -0.4 is 10.2 Å². The van der Waals surface area contributed by atoms with Crippen LogP contribution in [-0.4, -0.2) is 38.4 Å². The molecule has 0 unspecified atom stereocenters. The number of benzene rings is 1. The number of hydrogen-bond acceptors (Lipinski definition) is 7. The van der Waals surface area contributed by atoms with Crippen molar-refractivity contribution >= 4 is 45.9 Å². The number of nitriles is 1. The third kappa shape index (κ3) is 5.13. The molecule has 176 valence electrons. The lowest BCUT2D eigenvalue weighted by Crippen LogP contribution is -2.30. The Morgan fingerprint density at radius 3 is 2.62 bits per heavy atom. The van der Waals surface area contributed by atoms with Crippen molar-refractivity contribution in [3.63, 3.8) is 0 Å². The van der Waals surface area contributed by atoms with Crippen LogP contribution in [0.25, 0.3) is 0 Å². The number of thioether (sulfide) groups is 1. The Balaban J connectivity index is 1.46. The van der Waals surface area contributed by atoms with E-state index in [-0.39, 0.29) is 29.4 Å². The SMILES string of the molecule is CC(=O)N(c1nnc(SCC(=O)Nc2c(C#N)c(C)c(C)n2Cc2ccc(F)cc2)s1)C1CC1. The summed E-state index contributed by atoms with van der Waals surface area (Å²) in [5, 5.41) is 21.3. The predicted octanol–water partition coefficient (Wildman–Crippen LogP) is 4.26. The zero-order chi connectivity index (χ0) is 24.4. The normalized spacial score (nSPS) is 12.9. The second-order valence-corrected chi connectivity index (χ2v) is 10.2. The third-order valence-corrected chi connectivity index (χ3v) is 7.69. The molecule has 0 bridgehead atoms. The number of hydrogen-bond donors (Lipinski definition) is 1. The van der Waals surface area contributed by atoms with Crippen molar-refractivity contribution < 1.29 is 14.0 Å². The van der Waals surface area contributed by atoms with E-state index in [9.17, 15) is 19.2 Å². The molecule has 8 nitrogen and oxygen atoms in total. The summed E-state index contributed by atoms with van der Waals surface area (Å²) < 4.78 is 15.7. The van der Waals surface area contributed by atoms with E-state index in [1.807, 2.05) is 18.4 Å². The second kappa shape index (κ2) is 9.95. The zero-order valence-electron chi connectivity index (χ0n) is 19.0. The van der Waals surface area contributed by atoms with Crippen LogP contribution in [0, 0.1) is 31.0 Å². The van der Waals surface area contributed by atoms with Gasteiger partial charge in [-0.05, 0) is 49.9 Å². The molecule has 0 atom stereocenters. The molecular weight excluding hydrogens is 475 g/mol. The topological polar surface area (TPSA) is 104 Å². The van der Waals surface area contributed by atoms with Crippen LogP contribution in [0.2, 0.25) is 0 Å². The summed E-state index contributed by atoms with van der Waals surface area (Å²) in [7, 11) is 0. The lowest BCUT2D eigenvalue weighted by Gasteiger charge is -2.15. The van der Waals surface area contributed by atoms with Crippen LogP contribution in [0.5, 0.6) is 0 Å². The van der Waals surface area contributed by atoms with Gasteiger partial charge in [-0.25, -0.2) is 4.39 Å². The fraction of sp³-hybridized carbons (Fsp3) is 0.348. The number of aromatic nitrogens is 3. The fourth-order valence-corrected chi connectivity index (χ4v) is 5.39. The second-order valence-electron chi connectivity index (χ2n) is 8.07. The Morgan fingerprint density at radius 2 is 2.00 bits per heavy atom. The van der Waals surface area contributed by atoms with Gasteiger partial charge in [0.15, 0.2) is 4.34 Å². The van der Waals surface area contributed by atoms with E-state index in [4.69, 9.17) is 0 Å². The first-order valence-corrected chi connectivity index (χ1v) is 12.5. The van der Waals surface area contributed by atoms with Crippen LogP contribution >= 0.6 is 23.1 Å². The molecular formula is C23H23FN6O2S2. The van der Waals surface area contributed by atoms with Crippen molar-refractivity contribution in [2.24, 2.45) is 0 Å². The van der Waals surface area contributed by atoms with Gasteiger partial charge in [-0.3, -0.25) is 14.5 Å². The van der Waals surface area contributed by atoms with Crippen molar-refractivity contribution in [3.05, 3.63) is 52.5 Å². The maximum absolute atomic E-state index is 13.3. The van der Waals surface area contributed by atoms with Crippen molar-refractivity contribution in [2.75, 3.05) is 16.0 Å². The molecule has 11 heteroatoms. The van der Waals surface area contributed by atoms with Gasteiger partial charge in [0.1, 0.15) is 17.7 Å². The van der Waals surface area contributed by atoms with Gasteiger partial charge in [0, 0.05) is 25.2 Å². The molecule has 1 fully saturated rings. The van der Waals surface area contributed by atoms with E-state index in [0.717, 1.165) is 29.7 Å². The quantitative estimate of drug-likeness (QED) is 0.368. The summed E-state index contributed by atoms with van der Waals surface area (Å²) in [5.74, 6) is -0.188. The molecule has 1 saturated carbocycles. The monoisotopic (exact) mass is 498 g/mol. The minimum Gasteiger partial charge on any atom is -0.326 e. The molecule has 1 aromatic carbocycles. The van der Waals surface area contributed by atoms with Gasteiger partial charge in [0.25, 0.3) is 0 Å². The molecule has 0 saturated heterocycles. The molecule has 0 radical (unpaired) electrons. The van der Waals surface area contributed by atoms with Gasteiger partial charge in [-0.15, -0.1) is 10.2 Å². The van der Waals surface area contributed by atoms with E-state index in [2.05, 4.69) is 21.6 Å². The molecule has 2 aromatic heterocycles. The molecule has 2 heterocycles. The van der Waals surface area contributed by atoms with Gasteiger partial charge in [0.2, 0.25) is 16.9 Å². The van der Waals surface area contributed by atoms with Crippen molar-refractivity contribution in [1.29, 1.82) is 5.26 Å². The Kier molecular flexibility index (Phi) is 7.00. The molecule has 1 aliphatic carbocycles. The number of nitrogens with one attached hydrogen (secondary N) is 1. The summed E-state index contributed by atoms with van der Waals surface area (Å²) >= 11 is 2.51. The van der Waals surface area contributed by atoms with E-state index in [1.165, 1.54) is 42.2 Å². The van der Waals surface area contributed by atoms with Gasteiger partial charge in [0.05, 0.1) is 11.3 Å². The first kappa shape index (κ1) is 23.9. The Morgan fingerprint density at radius 1 is 1.29 bits per heavy atom. The maximum Gasteiger partial charge on any atom is 0.235 e. The van der Waals surface area contributed by atoms with Crippen LogP contribution in [0.15, 0.2) is 28.6 Å². The molecule has 34 heavy (non-hydrogen) atoms. The number of halogens is 1. The first-order valence-electron chi connectivity index (χ1n) is 10.7. The summed E-state index contributed by atoms with van der Waals surface area (Å²) in [4.78, 5) is 26.4. The van der Waals surface area contributed by atoms with E-state index < -0.39 is 0 Å². The van der Waals surface area contributed by atoms with Gasteiger partial charge >= 0.3 is 0 Å². The maximum atomic E-state index is 13.3. The Hall–Kier alpha value is -3.23. The summed E-state index contributed by atoms with van der Waals surface area (Å²) in [5.41, 5.74) is 2.88. The molecule has 4 rings (SSSR count). The average Bonchev–Trinajstić information content (AvgIpc) is 3.48. The van der Waals surface area contributed by atoms with Crippen molar-refractivity contribution in [2.45, 2.75) is 50.5 Å². The molecule has 0 aliphatic heterocycles. The first-order chi connectivity index (χ1) is 16.3. The van der Waals surface area contributed by atoms with E-state index in [0.29, 0.717) is 27.4 Å². The highest BCUT2D eigenvalue weighted by atomic mass is 32.2. The minimum absolute atomic E-state index is 0.0652. The smallest absolute Gasteiger partial charge is 0.235 e. The predicted molar refractivity (Wildman–Crippen MR) is 130 cm³/mol. The largest absolute Gasteiger partial charge is 0.326 e. The van der Waals surface area contributed by atoms with Gasteiger partial charge in [-0.1, -0.05) is 35.2 Å². The highest BCUT2D eigenvalue weighted by Crippen LogP contribution is 2.36. The van der Waals surface area contributed by atoms with Crippen LogP contribution in [-0.2, 0) is 16.1 Å². The standard InChI is InChI=1S/C23H23FN6O2S2/c1-13-14(2)29(11-16-4-6-17(24)7-5-16)21(19(13)10-25)26-20(32)12-33-23-28-27-22(34-23)30(15(3)31)18-8-9-18/h4-7,18H,8-9,11-12H2,1-3H3,(H,26,32). The Labute approximate surface area is 204 Å². The van der Waals surface area contributed by atoms with Crippen molar-refractivity contribution in [3.8, 4) is 6.07 Å².